The molecule has 2 N–H and O–H groups in total. The highest BCUT2D eigenvalue weighted by atomic mass is 16.6. The Kier molecular flexibility index (Phi) is 22.6. The summed E-state index contributed by atoms with van der Waals surface area (Å²) in [6, 6.07) is 0. The smallest absolute Gasteiger partial charge is 0.0701 e. The maximum absolute atomic E-state index is 5.57. The molecule has 0 aromatic rings. The van der Waals surface area contributed by atoms with Gasteiger partial charge in [-0.1, -0.05) is 58.3 Å². The van der Waals surface area contributed by atoms with Gasteiger partial charge in [-0.3, -0.25) is 0 Å². The summed E-state index contributed by atoms with van der Waals surface area (Å²) in [5, 5.41) is 0. The average Bonchev–Trinajstić information content (AvgIpc) is 2.60. The van der Waals surface area contributed by atoms with Crippen LogP contribution in [0.25, 0.3) is 0 Å². The molecule has 0 atom stereocenters. The van der Waals surface area contributed by atoms with Crippen LogP contribution in [0.4, 0.5) is 0 Å². The summed E-state index contributed by atoms with van der Waals surface area (Å²) in [5.74, 6) is 0. The average molecular weight is 348 g/mol. The Bertz CT molecular complexity index is 196. The number of nitrogens with two attached hydrogens (primary N) is 1. The molecule has 0 spiro atoms. The van der Waals surface area contributed by atoms with Crippen LogP contribution in [0.3, 0.4) is 0 Å². The van der Waals surface area contributed by atoms with Gasteiger partial charge in [-0.15, -0.1) is 0 Å². The zero-order valence-corrected chi connectivity index (χ0v) is 15.9. The number of hydrogen-bond acceptors (Lipinski definition) is 5. The van der Waals surface area contributed by atoms with Crippen molar-refractivity contribution >= 4 is 0 Å². The molecule has 0 rings (SSSR count). The van der Waals surface area contributed by atoms with E-state index in [1.165, 1.54) is 57.8 Å². The molecule has 24 heavy (non-hydrogen) atoms. The predicted molar refractivity (Wildman–Crippen MR) is 99.6 cm³/mol. The summed E-state index contributed by atoms with van der Waals surface area (Å²) in [5.41, 5.74) is 5.31. The minimum atomic E-state index is 0.558. The zero-order chi connectivity index (χ0) is 17.6. The summed E-state index contributed by atoms with van der Waals surface area (Å²) >= 11 is 0. The largest absolute Gasteiger partial charge is 0.379 e. The van der Waals surface area contributed by atoms with Gasteiger partial charge in [0, 0.05) is 13.2 Å². The van der Waals surface area contributed by atoms with E-state index in [4.69, 9.17) is 24.7 Å². The molecular weight excluding hydrogens is 306 g/mol. The van der Waals surface area contributed by atoms with E-state index in [0.29, 0.717) is 52.8 Å². The van der Waals surface area contributed by atoms with Gasteiger partial charge in [0.2, 0.25) is 0 Å². The van der Waals surface area contributed by atoms with Crippen LogP contribution >= 0.6 is 0 Å². The van der Waals surface area contributed by atoms with Crippen molar-refractivity contribution in [1.29, 1.82) is 0 Å². The number of rotatable bonds is 21. The fourth-order valence-corrected chi connectivity index (χ4v) is 2.36. The lowest BCUT2D eigenvalue weighted by Gasteiger charge is -2.07. The molecule has 0 amide bonds. The first kappa shape index (κ1) is 23.8. The Labute approximate surface area is 149 Å². The molecule has 5 heteroatoms. The second kappa shape index (κ2) is 22.8. The SMILES string of the molecule is CCCCCCCCCCCOCCOCCOCCOCCN. The Balaban J connectivity index is 2.93. The Morgan fingerprint density at radius 2 is 0.833 bits per heavy atom. The molecule has 0 bridgehead atoms. The molecule has 0 aromatic heterocycles. The van der Waals surface area contributed by atoms with Gasteiger partial charge in [0.1, 0.15) is 0 Å². The molecular formula is C19H41NO4. The normalized spacial score (nSPS) is 11.2. The lowest BCUT2D eigenvalue weighted by atomic mass is 10.1. The fourth-order valence-electron chi connectivity index (χ4n) is 2.36. The topological polar surface area (TPSA) is 62.9 Å². The number of hydrogen-bond donors (Lipinski definition) is 1. The van der Waals surface area contributed by atoms with Crippen molar-refractivity contribution in [3.63, 3.8) is 0 Å². The van der Waals surface area contributed by atoms with Crippen molar-refractivity contribution in [3.05, 3.63) is 0 Å². The molecule has 0 saturated carbocycles. The predicted octanol–water partition coefficient (Wildman–Crippen LogP) is 3.54. The number of ether oxygens (including phenoxy) is 4. The zero-order valence-electron chi connectivity index (χ0n) is 15.9. The van der Waals surface area contributed by atoms with E-state index in [1.807, 2.05) is 0 Å². The molecule has 0 fully saturated rings. The van der Waals surface area contributed by atoms with Crippen molar-refractivity contribution in [2.75, 3.05) is 59.4 Å². The van der Waals surface area contributed by atoms with Crippen LogP contribution < -0.4 is 5.73 Å². The van der Waals surface area contributed by atoms with E-state index in [1.54, 1.807) is 0 Å². The van der Waals surface area contributed by atoms with Crippen molar-refractivity contribution in [2.24, 2.45) is 5.73 Å². The lowest BCUT2D eigenvalue weighted by molar-refractivity contribution is -0.00135. The quantitative estimate of drug-likeness (QED) is 0.322. The Morgan fingerprint density at radius 3 is 1.29 bits per heavy atom. The van der Waals surface area contributed by atoms with Crippen molar-refractivity contribution in [2.45, 2.75) is 64.7 Å². The summed E-state index contributed by atoms with van der Waals surface area (Å²) in [4.78, 5) is 0. The van der Waals surface area contributed by atoms with E-state index < -0.39 is 0 Å². The monoisotopic (exact) mass is 347 g/mol. The molecule has 0 aliphatic rings. The van der Waals surface area contributed by atoms with Gasteiger partial charge in [-0.25, -0.2) is 0 Å². The Hall–Kier alpha value is -0.200. The van der Waals surface area contributed by atoms with Gasteiger partial charge < -0.3 is 24.7 Å². The second-order valence-electron chi connectivity index (χ2n) is 6.07. The molecule has 0 radical (unpaired) electrons. The van der Waals surface area contributed by atoms with E-state index in [0.717, 1.165) is 6.61 Å². The lowest BCUT2D eigenvalue weighted by Crippen LogP contribution is -2.14. The van der Waals surface area contributed by atoms with Gasteiger partial charge in [0.05, 0.1) is 46.2 Å². The van der Waals surface area contributed by atoms with Crippen LogP contribution in [0.5, 0.6) is 0 Å². The van der Waals surface area contributed by atoms with Gasteiger partial charge in [-0.05, 0) is 6.42 Å². The first-order valence-electron chi connectivity index (χ1n) is 9.92. The number of unbranched alkanes of at least 4 members (excludes halogenated alkanes) is 8. The summed E-state index contributed by atoms with van der Waals surface area (Å²) in [7, 11) is 0. The third-order valence-corrected chi connectivity index (χ3v) is 3.77. The molecule has 0 unspecified atom stereocenters. The van der Waals surface area contributed by atoms with Crippen molar-refractivity contribution in [1.82, 2.24) is 0 Å². The third-order valence-electron chi connectivity index (χ3n) is 3.77. The van der Waals surface area contributed by atoms with E-state index in [-0.39, 0.29) is 0 Å². The van der Waals surface area contributed by atoms with E-state index in [2.05, 4.69) is 6.92 Å². The Morgan fingerprint density at radius 1 is 0.458 bits per heavy atom. The van der Waals surface area contributed by atoms with Crippen LogP contribution in [0, 0.1) is 0 Å². The van der Waals surface area contributed by atoms with E-state index in [9.17, 15) is 0 Å². The van der Waals surface area contributed by atoms with Crippen LogP contribution in [0.2, 0.25) is 0 Å². The maximum atomic E-state index is 5.57. The van der Waals surface area contributed by atoms with Crippen molar-refractivity contribution < 1.29 is 18.9 Å². The summed E-state index contributed by atoms with van der Waals surface area (Å²) in [6.45, 7) is 7.99. The maximum Gasteiger partial charge on any atom is 0.0701 e. The van der Waals surface area contributed by atoms with Gasteiger partial charge in [0.15, 0.2) is 0 Å². The molecule has 0 aromatic carbocycles. The first-order chi connectivity index (χ1) is 11.9. The van der Waals surface area contributed by atoms with Crippen LogP contribution in [-0.2, 0) is 18.9 Å². The highest BCUT2D eigenvalue weighted by molar-refractivity contribution is 4.46. The highest BCUT2D eigenvalue weighted by Gasteiger charge is 1.94. The van der Waals surface area contributed by atoms with Crippen LogP contribution in [-0.4, -0.2) is 59.4 Å². The summed E-state index contributed by atoms with van der Waals surface area (Å²) in [6.07, 6.45) is 12.1. The molecule has 0 aliphatic heterocycles. The summed E-state index contributed by atoms with van der Waals surface area (Å²) < 4.78 is 21.6. The minimum Gasteiger partial charge on any atom is -0.379 e. The van der Waals surface area contributed by atoms with Gasteiger partial charge >= 0.3 is 0 Å². The van der Waals surface area contributed by atoms with Gasteiger partial charge in [-0.2, -0.15) is 0 Å². The first-order valence-corrected chi connectivity index (χ1v) is 9.92. The molecule has 146 valence electrons. The minimum absolute atomic E-state index is 0.558. The third kappa shape index (κ3) is 21.8. The van der Waals surface area contributed by atoms with Gasteiger partial charge in [0.25, 0.3) is 0 Å². The highest BCUT2D eigenvalue weighted by Crippen LogP contribution is 2.09. The molecule has 0 heterocycles. The molecule has 0 saturated heterocycles. The standard InChI is InChI=1S/C19H41NO4/c1-2-3-4-5-6-7-8-9-10-12-21-14-16-23-18-19-24-17-15-22-13-11-20/h2-20H2,1H3. The fraction of sp³-hybridized carbons (Fsp3) is 1.00. The molecule has 5 nitrogen and oxygen atoms in total. The van der Waals surface area contributed by atoms with E-state index >= 15 is 0 Å². The molecule has 0 aliphatic carbocycles. The van der Waals surface area contributed by atoms with Crippen molar-refractivity contribution in [3.8, 4) is 0 Å². The second-order valence-corrected chi connectivity index (χ2v) is 6.07. The van der Waals surface area contributed by atoms with Crippen LogP contribution in [0.1, 0.15) is 64.7 Å². The van der Waals surface area contributed by atoms with Crippen LogP contribution in [0.15, 0.2) is 0 Å².